The van der Waals surface area contributed by atoms with Crippen molar-refractivity contribution in [3.63, 3.8) is 0 Å². The summed E-state index contributed by atoms with van der Waals surface area (Å²) in [6, 6.07) is 12.8. The number of amides is 1. The highest BCUT2D eigenvalue weighted by molar-refractivity contribution is 6.34. The standard InChI is InChI=1S/C16H17ClN2O/c1-3-19(13-7-4-11(2)5-8-13)16(20)14-9-6-12(18)10-15(14)17/h4-10H,3,18H2,1-2H3. The number of nitrogens with zero attached hydrogens (tertiary/aromatic N) is 1. The minimum absolute atomic E-state index is 0.124. The number of rotatable bonds is 3. The minimum atomic E-state index is -0.124. The van der Waals surface area contributed by atoms with Crippen molar-refractivity contribution in [2.24, 2.45) is 0 Å². The van der Waals surface area contributed by atoms with E-state index in [1.165, 1.54) is 0 Å². The van der Waals surface area contributed by atoms with Crippen LogP contribution in [0.15, 0.2) is 42.5 Å². The van der Waals surface area contributed by atoms with Crippen molar-refractivity contribution >= 4 is 28.9 Å². The van der Waals surface area contributed by atoms with Gasteiger partial charge in [-0.3, -0.25) is 4.79 Å². The molecule has 2 rings (SSSR count). The number of nitrogen functional groups attached to an aromatic ring is 1. The molecule has 20 heavy (non-hydrogen) atoms. The predicted molar refractivity (Wildman–Crippen MR) is 84.4 cm³/mol. The molecule has 0 saturated carbocycles. The van der Waals surface area contributed by atoms with Gasteiger partial charge in [0.15, 0.2) is 0 Å². The van der Waals surface area contributed by atoms with Gasteiger partial charge in [0.25, 0.3) is 5.91 Å². The van der Waals surface area contributed by atoms with Crippen LogP contribution in [-0.4, -0.2) is 12.5 Å². The van der Waals surface area contributed by atoms with Crippen molar-refractivity contribution in [3.8, 4) is 0 Å². The molecule has 2 aromatic rings. The second-order valence-electron chi connectivity index (χ2n) is 4.62. The molecule has 2 aromatic carbocycles. The van der Waals surface area contributed by atoms with Gasteiger partial charge in [0.1, 0.15) is 0 Å². The Bertz CT molecular complexity index is 623. The summed E-state index contributed by atoms with van der Waals surface area (Å²) < 4.78 is 0. The lowest BCUT2D eigenvalue weighted by atomic mass is 10.1. The average Bonchev–Trinajstić information content (AvgIpc) is 2.41. The van der Waals surface area contributed by atoms with Gasteiger partial charge in [-0.15, -0.1) is 0 Å². The minimum Gasteiger partial charge on any atom is -0.399 e. The normalized spacial score (nSPS) is 10.3. The largest absolute Gasteiger partial charge is 0.399 e. The fourth-order valence-electron chi connectivity index (χ4n) is 2.02. The number of carbonyl (C=O) groups excluding carboxylic acids is 1. The molecule has 0 saturated heterocycles. The van der Waals surface area contributed by atoms with Gasteiger partial charge in [-0.2, -0.15) is 0 Å². The van der Waals surface area contributed by atoms with E-state index in [0.29, 0.717) is 22.8 Å². The van der Waals surface area contributed by atoms with E-state index in [2.05, 4.69) is 0 Å². The molecular formula is C16H17ClN2O. The molecule has 0 spiro atoms. The summed E-state index contributed by atoms with van der Waals surface area (Å²) in [6.07, 6.45) is 0. The SMILES string of the molecule is CCN(C(=O)c1ccc(N)cc1Cl)c1ccc(C)cc1. The number of aryl methyl sites for hydroxylation is 1. The Morgan fingerprint density at radius 3 is 2.40 bits per heavy atom. The molecule has 0 heterocycles. The Morgan fingerprint density at radius 2 is 1.85 bits per heavy atom. The van der Waals surface area contributed by atoms with Crippen LogP contribution in [-0.2, 0) is 0 Å². The number of hydrogen-bond acceptors (Lipinski definition) is 2. The average molecular weight is 289 g/mol. The summed E-state index contributed by atoms with van der Waals surface area (Å²) >= 11 is 6.11. The first kappa shape index (κ1) is 14.4. The number of nitrogens with two attached hydrogens (primary N) is 1. The van der Waals surface area contributed by atoms with E-state index in [0.717, 1.165) is 11.3 Å². The van der Waals surface area contributed by atoms with Gasteiger partial charge < -0.3 is 10.6 Å². The molecule has 0 bridgehead atoms. The molecule has 0 atom stereocenters. The zero-order valence-electron chi connectivity index (χ0n) is 11.6. The number of carbonyl (C=O) groups is 1. The van der Waals surface area contributed by atoms with E-state index in [-0.39, 0.29) is 5.91 Å². The van der Waals surface area contributed by atoms with Crippen molar-refractivity contribution in [1.29, 1.82) is 0 Å². The maximum absolute atomic E-state index is 12.6. The smallest absolute Gasteiger partial charge is 0.259 e. The third-order valence-electron chi connectivity index (χ3n) is 3.13. The summed E-state index contributed by atoms with van der Waals surface area (Å²) in [5.41, 5.74) is 8.68. The van der Waals surface area contributed by atoms with E-state index < -0.39 is 0 Å². The highest BCUT2D eigenvalue weighted by atomic mass is 35.5. The lowest BCUT2D eigenvalue weighted by Gasteiger charge is -2.22. The van der Waals surface area contributed by atoms with Crippen LogP contribution in [0.2, 0.25) is 5.02 Å². The van der Waals surface area contributed by atoms with Crippen LogP contribution < -0.4 is 10.6 Å². The van der Waals surface area contributed by atoms with E-state index in [4.69, 9.17) is 17.3 Å². The Morgan fingerprint density at radius 1 is 1.20 bits per heavy atom. The number of hydrogen-bond donors (Lipinski definition) is 1. The summed E-state index contributed by atoms with van der Waals surface area (Å²) in [4.78, 5) is 14.3. The second kappa shape index (κ2) is 5.97. The Hall–Kier alpha value is -2.00. The molecule has 0 unspecified atom stereocenters. The molecule has 3 nitrogen and oxygen atoms in total. The van der Waals surface area contributed by atoms with Crippen molar-refractivity contribution in [2.75, 3.05) is 17.2 Å². The van der Waals surface area contributed by atoms with Crippen LogP contribution in [0.25, 0.3) is 0 Å². The molecule has 0 aliphatic carbocycles. The van der Waals surface area contributed by atoms with Gasteiger partial charge in [0.05, 0.1) is 10.6 Å². The third kappa shape index (κ3) is 2.94. The van der Waals surface area contributed by atoms with E-state index in [9.17, 15) is 4.79 Å². The van der Waals surface area contributed by atoms with E-state index in [1.54, 1.807) is 23.1 Å². The van der Waals surface area contributed by atoms with Crippen LogP contribution in [0.5, 0.6) is 0 Å². The molecule has 0 aliphatic rings. The number of halogens is 1. The molecule has 0 radical (unpaired) electrons. The predicted octanol–water partition coefficient (Wildman–Crippen LogP) is 3.90. The van der Waals surface area contributed by atoms with Gasteiger partial charge in [0.2, 0.25) is 0 Å². The highest BCUT2D eigenvalue weighted by Crippen LogP contribution is 2.24. The lowest BCUT2D eigenvalue weighted by molar-refractivity contribution is 0.0988. The van der Waals surface area contributed by atoms with Crippen LogP contribution in [0.1, 0.15) is 22.8 Å². The van der Waals surface area contributed by atoms with Crippen LogP contribution in [0, 0.1) is 6.92 Å². The molecule has 0 fully saturated rings. The van der Waals surface area contributed by atoms with Crippen molar-refractivity contribution in [3.05, 3.63) is 58.6 Å². The summed E-state index contributed by atoms with van der Waals surface area (Å²) in [7, 11) is 0. The van der Waals surface area contributed by atoms with Gasteiger partial charge in [0, 0.05) is 17.9 Å². The van der Waals surface area contributed by atoms with E-state index >= 15 is 0 Å². The number of benzene rings is 2. The van der Waals surface area contributed by atoms with Crippen LogP contribution in [0.4, 0.5) is 11.4 Å². The molecule has 1 amide bonds. The Balaban J connectivity index is 2.36. The summed E-state index contributed by atoms with van der Waals surface area (Å²) in [5.74, 6) is -0.124. The van der Waals surface area contributed by atoms with Gasteiger partial charge >= 0.3 is 0 Å². The molecule has 0 aromatic heterocycles. The third-order valence-corrected chi connectivity index (χ3v) is 3.44. The second-order valence-corrected chi connectivity index (χ2v) is 5.03. The zero-order valence-corrected chi connectivity index (χ0v) is 12.3. The van der Waals surface area contributed by atoms with Crippen molar-refractivity contribution in [2.45, 2.75) is 13.8 Å². The van der Waals surface area contributed by atoms with Crippen molar-refractivity contribution in [1.82, 2.24) is 0 Å². The molecular weight excluding hydrogens is 272 g/mol. The van der Waals surface area contributed by atoms with E-state index in [1.807, 2.05) is 38.1 Å². The first-order valence-corrected chi connectivity index (χ1v) is 6.84. The Labute approximate surface area is 124 Å². The Kier molecular flexibility index (Phi) is 4.30. The highest BCUT2D eigenvalue weighted by Gasteiger charge is 2.18. The first-order chi connectivity index (χ1) is 9.52. The topological polar surface area (TPSA) is 46.3 Å². The van der Waals surface area contributed by atoms with Crippen molar-refractivity contribution < 1.29 is 4.79 Å². The lowest BCUT2D eigenvalue weighted by Crippen LogP contribution is -2.30. The maximum Gasteiger partial charge on any atom is 0.259 e. The maximum atomic E-state index is 12.6. The first-order valence-electron chi connectivity index (χ1n) is 6.46. The molecule has 104 valence electrons. The molecule has 4 heteroatoms. The van der Waals surface area contributed by atoms with Gasteiger partial charge in [-0.25, -0.2) is 0 Å². The molecule has 0 aliphatic heterocycles. The number of anilines is 2. The van der Waals surface area contributed by atoms with Crippen LogP contribution in [0.3, 0.4) is 0 Å². The fraction of sp³-hybridized carbons (Fsp3) is 0.188. The van der Waals surface area contributed by atoms with Gasteiger partial charge in [-0.05, 0) is 44.2 Å². The quantitative estimate of drug-likeness (QED) is 0.871. The summed E-state index contributed by atoms with van der Waals surface area (Å²) in [6.45, 7) is 4.52. The zero-order chi connectivity index (χ0) is 14.7. The fourth-order valence-corrected chi connectivity index (χ4v) is 2.29. The monoisotopic (exact) mass is 288 g/mol. The molecule has 2 N–H and O–H groups in total. The summed E-state index contributed by atoms with van der Waals surface area (Å²) in [5, 5.41) is 0.376. The van der Waals surface area contributed by atoms with Gasteiger partial charge in [-0.1, -0.05) is 29.3 Å². The van der Waals surface area contributed by atoms with Crippen LogP contribution >= 0.6 is 11.6 Å².